The number of carbonyl (C=O) groups is 2. The molecule has 12 heteroatoms. The molecule has 4 aromatic carbocycles. The van der Waals surface area contributed by atoms with Gasteiger partial charge in [0.05, 0.1) is 18.8 Å². The van der Waals surface area contributed by atoms with Gasteiger partial charge < -0.3 is 33.8 Å². The van der Waals surface area contributed by atoms with E-state index in [9.17, 15) is 22.8 Å². The number of fused-ring (bicyclic) bond motifs is 1. The fourth-order valence-electron chi connectivity index (χ4n) is 6.50. The Morgan fingerprint density at radius 3 is 2.19 bits per heavy atom. The highest BCUT2D eigenvalue weighted by Gasteiger charge is 2.32. The van der Waals surface area contributed by atoms with Crippen LogP contribution < -0.4 is 14.4 Å². The first kappa shape index (κ1) is 38.4. The molecule has 0 bridgehead atoms. The first-order valence-corrected chi connectivity index (χ1v) is 18.0. The third-order valence-electron chi connectivity index (χ3n) is 9.62. The Kier molecular flexibility index (Phi) is 12.6. The third-order valence-corrected chi connectivity index (χ3v) is 9.62. The smallest absolute Gasteiger partial charge is 0.416 e. The average Bonchev–Trinajstić information content (AvgIpc) is 3.66. The van der Waals surface area contributed by atoms with E-state index in [1.807, 2.05) is 79.8 Å². The molecule has 2 heterocycles. The number of amides is 2. The van der Waals surface area contributed by atoms with Crippen LogP contribution in [0.25, 0.3) is 6.08 Å². The van der Waals surface area contributed by atoms with Crippen LogP contribution in [0.15, 0.2) is 103 Å². The summed E-state index contributed by atoms with van der Waals surface area (Å²) in [4.78, 5) is 36.3. The number of hydrogen-bond acceptors (Lipinski definition) is 7. The van der Waals surface area contributed by atoms with Crippen LogP contribution in [0.2, 0.25) is 0 Å². The number of halogens is 3. The van der Waals surface area contributed by atoms with Gasteiger partial charge in [-0.2, -0.15) is 13.2 Å². The second-order valence-electron chi connectivity index (χ2n) is 13.6. The zero-order chi connectivity index (χ0) is 38.1. The Labute approximate surface area is 314 Å². The van der Waals surface area contributed by atoms with Crippen molar-refractivity contribution in [1.82, 2.24) is 14.7 Å². The number of ether oxygens (including phenoxy) is 3. The Hall–Kier alpha value is -5.33. The number of alkyl halides is 3. The first-order chi connectivity index (χ1) is 26.0. The molecule has 0 saturated carbocycles. The highest BCUT2D eigenvalue weighted by Crippen LogP contribution is 2.33. The van der Waals surface area contributed by atoms with E-state index < -0.39 is 23.7 Å². The van der Waals surface area contributed by atoms with Gasteiger partial charge in [0.1, 0.15) is 6.04 Å². The topological polar surface area (TPSA) is 74.8 Å². The van der Waals surface area contributed by atoms with Crippen LogP contribution in [0.5, 0.6) is 11.5 Å². The molecule has 2 aliphatic heterocycles. The summed E-state index contributed by atoms with van der Waals surface area (Å²) in [5, 5.41) is 0. The molecule has 1 fully saturated rings. The van der Waals surface area contributed by atoms with E-state index in [0.29, 0.717) is 44.2 Å². The van der Waals surface area contributed by atoms with E-state index in [1.54, 1.807) is 16.8 Å². The highest BCUT2D eigenvalue weighted by molar-refractivity contribution is 5.95. The van der Waals surface area contributed by atoms with E-state index in [1.165, 1.54) is 24.3 Å². The Balaban J connectivity index is 1.23. The number of nitrogens with zero attached hydrogens (tertiary/aromatic N) is 4. The van der Waals surface area contributed by atoms with Crippen LogP contribution in [0, 0.1) is 0 Å². The minimum atomic E-state index is -4.47. The number of anilines is 1. The quantitative estimate of drug-likeness (QED) is 0.136. The Morgan fingerprint density at radius 1 is 0.796 bits per heavy atom. The minimum absolute atomic E-state index is 0.140. The van der Waals surface area contributed by atoms with Crippen molar-refractivity contribution in [3.05, 3.63) is 131 Å². The van der Waals surface area contributed by atoms with Gasteiger partial charge in [0.2, 0.25) is 18.6 Å². The van der Waals surface area contributed by atoms with E-state index in [2.05, 4.69) is 9.80 Å². The number of hydrogen-bond donors (Lipinski definition) is 0. The Bertz CT molecular complexity index is 1880. The summed E-state index contributed by atoms with van der Waals surface area (Å²) in [6, 6.07) is 27.1. The number of rotatable bonds is 14. The molecule has 9 nitrogen and oxygen atoms in total. The highest BCUT2D eigenvalue weighted by atomic mass is 19.4. The SMILES string of the molecule is CN(CCN(C)C(=O)C(Cc1ccccc1)N(Cc1ccc(N2CCOCC2)cc1)C(=O)C=Cc1ccc(C(F)(F)F)cc1)Cc1ccc2c(c1)OCO2. The summed E-state index contributed by atoms with van der Waals surface area (Å²) in [6.45, 7) is 4.82. The lowest BCUT2D eigenvalue weighted by molar-refractivity contribution is -0.143. The number of carbonyl (C=O) groups excluding carboxylic acids is 2. The lowest BCUT2D eigenvalue weighted by Crippen LogP contribution is -2.51. The molecule has 6 rings (SSSR count). The number of benzene rings is 4. The van der Waals surface area contributed by atoms with Crippen molar-refractivity contribution in [2.45, 2.75) is 31.7 Å². The molecule has 2 amide bonds. The predicted molar refractivity (Wildman–Crippen MR) is 201 cm³/mol. The zero-order valence-corrected chi connectivity index (χ0v) is 30.5. The molecule has 2 aliphatic rings. The molecule has 1 saturated heterocycles. The molecular formula is C42H45F3N4O5. The predicted octanol–water partition coefficient (Wildman–Crippen LogP) is 6.51. The molecule has 4 aromatic rings. The monoisotopic (exact) mass is 742 g/mol. The molecular weight excluding hydrogens is 697 g/mol. The molecule has 0 N–H and O–H groups in total. The van der Waals surface area contributed by atoms with Crippen molar-refractivity contribution in [2.75, 3.05) is 65.2 Å². The van der Waals surface area contributed by atoms with Crippen LogP contribution >= 0.6 is 0 Å². The molecule has 0 aromatic heterocycles. The van der Waals surface area contributed by atoms with Gasteiger partial charge in [-0.3, -0.25) is 9.59 Å². The standard InChI is InChI=1S/C42H45F3N4O5/c1-46(28-34-12-18-38-39(27-34)54-30-53-38)20-21-47(2)41(51)37(26-32-6-4-3-5-7-32)49(29-33-10-16-36(17-11-33)48-22-24-52-25-23-48)40(50)19-13-31-8-14-35(15-9-31)42(43,44)45/h3-19,27,37H,20-26,28-30H2,1-2H3. The van der Waals surface area contributed by atoms with Crippen LogP contribution in [-0.2, 0) is 40.0 Å². The van der Waals surface area contributed by atoms with Crippen molar-refractivity contribution in [2.24, 2.45) is 0 Å². The molecule has 1 unspecified atom stereocenters. The van der Waals surface area contributed by atoms with Crippen molar-refractivity contribution >= 4 is 23.6 Å². The second-order valence-corrected chi connectivity index (χ2v) is 13.6. The van der Waals surface area contributed by atoms with Gasteiger partial charge in [-0.1, -0.05) is 60.7 Å². The summed E-state index contributed by atoms with van der Waals surface area (Å²) >= 11 is 0. The van der Waals surface area contributed by atoms with Gasteiger partial charge in [0.25, 0.3) is 0 Å². The molecule has 1 atom stereocenters. The van der Waals surface area contributed by atoms with Crippen LogP contribution in [0.1, 0.15) is 27.8 Å². The van der Waals surface area contributed by atoms with Gasteiger partial charge >= 0.3 is 6.18 Å². The molecule has 0 aliphatic carbocycles. The van der Waals surface area contributed by atoms with Crippen LogP contribution in [-0.4, -0.2) is 92.8 Å². The maximum Gasteiger partial charge on any atom is 0.416 e. The summed E-state index contributed by atoms with van der Waals surface area (Å²) in [6.07, 6.45) is -1.39. The van der Waals surface area contributed by atoms with E-state index >= 15 is 0 Å². The van der Waals surface area contributed by atoms with Crippen molar-refractivity contribution in [1.29, 1.82) is 0 Å². The van der Waals surface area contributed by atoms with Crippen molar-refractivity contribution in [3.8, 4) is 11.5 Å². The van der Waals surface area contributed by atoms with Gasteiger partial charge in [-0.25, -0.2) is 0 Å². The number of likely N-dealkylation sites (N-methyl/N-ethyl adjacent to an activating group) is 2. The van der Waals surface area contributed by atoms with E-state index in [0.717, 1.165) is 53.3 Å². The maximum absolute atomic E-state index is 14.5. The average molecular weight is 743 g/mol. The van der Waals surface area contributed by atoms with Crippen LogP contribution in [0.4, 0.5) is 18.9 Å². The fourth-order valence-corrected chi connectivity index (χ4v) is 6.50. The summed E-state index contributed by atoms with van der Waals surface area (Å²) in [5.41, 5.74) is 3.47. The van der Waals surface area contributed by atoms with Crippen molar-refractivity contribution in [3.63, 3.8) is 0 Å². The van der Waals surface area contributed by atoms with Gasteiger partial charge in [-0.15, -0.1) is 0 Å². The maximum atomic E-state index is 14.5. The van der Waals surface area contributed by atoms with E-state index in [-0.39, 0.29) is 25.7 Å². The normalized spacial score (nSPS) is 14.7. The lowest BCUT2D eigenvalue weighted by Gasteiger charge is -2.34. The van der Waals surface area contributed by atoms with Gasteiger partial charge in [-0.05, 0) is 71.8 Å². The largest absolute Gasteiger partial charge is 0.454 e. The fraction of sp³-hybridized carbons (Fsp3) is 0.333. The zero-order valence-electron chi connectivity index (χ0n) is 30.5. The third kappa shape index (κ3) is 10.2. The summed E-state index contributed by atoms with van der Waals surface area (Å²) in [7, 11) is 3.72. The summed E-state index contributed by atoms with van der Waals surface area (Å²) < 4.78 is 56.0. The van der Waals surface area contributed by atoms with Gasteiger partial charge in [0.15, 0.2) is 11.5 Å². The van der Waals surface area contributed by atoms with Crippen LogP contribution in [0.3, 0.4) is 0 Å². The summed E-state index contributed by atoms with van der Waals surface area (Å²) in [5.74, 6) is 0.772. The second kappa shape index (κ2) is 17.7. The molecule has 0 spiro atoms. The van der Waals surface area contributed by atoms with Gasteiger partial charge in [0, 0.05) is 64.5 Å². The number of morpholine rings is 1. The van der Waals surface area contributed by atoms with Crippen molar-refractivity contribution < 1.29 is 37.0 Å². The lowest BCUT2D eigenvalue weighted by atomic mass is 10.0. The molecule has 54 heavy (non-hydrogen) atoms. The minimum Gasteiger partial charge on any atom is -0.454 e. The molecule has 284 valence electrons. The molecule has 0 radical (unpaired) electrons. The Morgan fingerprint density at radius 2 is 1.48 bits per heavy atom. The first-order valence-electron chi connectivity index (χ1n) is 18.0. The van der Waals surface area contributed by atoms with E-state index in [4.69, 9.17) is 14.2 Å².